The van der Waals surface area contributed by atoms with Crippen LogP contribution in [0.3, 0.4) is 0 Å². The molecule has 2 aromatic rings. The van der Waals surface area contributed by atoms with Crippen molar-refractivity contribution in [2.75, 3.05) is 19.6 Å². The van der Waals surface area contributed by atoms with E-state index in [0.717, 1.165) is 25.2 Å². The first kappa shape index (κ1) is 9.75. The summed E-state index contributed by atoms with van der Waals surface area (Å²) in [7, 11) is 0. The number of fused-ring (bicyclic) bond motifs is 1. The van der Waals surface area contributed by atoms with Crippen molar-refractivity contribution < 1.29 is 0 Å². The molecule has 1 aliphatic rings. The molecule has 3 heteroatoms. The third-order valence-electron chi connectivity index (χ3n) is 3.10. The molecule has 2 heterocycles. The minimum Gasteiger partial charge on any atom is -0.314 e. The Bertz CT molecular complexity index is 484. The molecule has 82 valence electrons. The zero-order valence-electron chi connectivity index (χ0n) is 9.11. The van der Waals surface area contributed by atoms with Crippen LogP contribution >= 0.6 is 0 Å². The summed E-state index contributed by atoms with van der Waals surface area (Å²) in [5, 5.41) is 8.21. The van der Waals surface area contributed by atoms with Gasteiger partial charge >= 0.3 is 0 Å². The Morgan fingerprint density at radius 1 is 1.12 bits per heavy atom. The van der Waals surface area contributed by atoms with Crippen molar-refractivity contribution in [2.24, 2.45) is 0 Å². The zero-order valence-corrected chi connectivity index (χ0v) is 9.11. The van der Waals surface area contributed by atoms with E-state index in [4.69, 9.17) is 0 Å². The SMILES string of the molecule is c1ccc2c([C@@H]3CNCCN3)ccnc2c1. The summed E-state index contributed by atoms with van der Waals surface area (Å²) in [6, 6.07) is 10.8. The van der Waals surface area contributed by atoms with E-state index in [1.165, 1.54) is 10.9 Å². The number of hydrogen-bond acceptors (Lipinski definition) is 3. The van der Waals surface area contributed by atoms with Crippen molar-refractivity contribution in [1.29, 1.82) is 0 Å². The van der Waals surface area contributed by atoms with E-state index >= 15 is 0 Å². The van der Waals surface area contributed by atoms with E-state index in [1.807, 2.05) is 12.3 Å². The monoisotopic (exact) mass is 213 g/mol. The maximum absolute atomic E-state index is 4.39. The van der Waals surface area contributed by atoms with Gasteiger partial charge in [-0.05, 0) is 17.7 Å². The van der Waals surface area contributed by atoms with Gasteiger partial charge in [-0.1, -0.05) is 18.2 Å². The van der Waals surface area contributed by atoms with Gasteiger partial charge in [0.2, 0.25) is 0 Å². The lowest BCUT2D eigenvalue weighted by atomic mass is 10.0. The van der Waals surface area contributed by atoms with Gasteiger partial charge in [-0.15, -0.1) is 0 Å². The second-order valence-electron chi connectivity index (χ2n) is 4.13. The fourth-order valence-electron chi connectivity index (χ4n) is 2.30. The van der Waals surface area contributed by atoms with Crippen LogP contribution in [0.25, 0.3) is 10.9 Å². The van der Waals surface area contributed by atoms with Crippen LogP contribution in [0, 0.1) is 0 Å². The lowest BCUT2D eigenvalue weighted by Crippen LogP contribution is -2.42. The molecule has 1 aromatic heterocycles. The number of aromatic nitrogens is 1. The highest BCUT2D eigenvalue weighted by molar-refractivity contribution is 5.82. The van der Waals surface area contributed by atoms with Crippen LogP contribution in [-0.2, 0) is 0 Å². The maximum Gasteiger partial charge on any atom is 0.0705 e. The molecule has 1 aromatic carbocycles. The van der Waals surface area contributed by atoms with Crippen LogP contribution in [0.5, 0.6) is 0 Å². The fourth-order valence-corrected chi connectivity index (χ4v) is 2.30. The summed E-state index contributed by atoms with van der Waals surface area (Å²) >= 11 is 0. The average molecular weight is 213 g/mol. The van der Waals surface area contributed by atoms with E-state index in [1.54, 1.807) is 0 Å². The van der Waals surface area contributed by atoms with E-state index in [-0.39, 0.29) is 0 Å². The molecule has 1 aliphatic heterocycles. The van der Waals surface area contributed by atoms with Crippen LogP contribution in [0.2, 0.25) is 0 Å². The number of para-hydroxylation sites is 1. The second-order valence-corrected chi connectivity index (χ2v) is 4.13. The Kier molecular flexibility index (Phi) is 2.56. The van der Waals surface area contributed by atoms with Crippen LogP contribution in [0.15, 0.2) is 36.5 Å². The molecule has 0 saturated carbocycles. The van der Waals surface area contributed by atoms with Gasteiger partial charge < -0.3 is 10.6 Å². The summed E-state index contributed by atoms with van der Waals surface area (Å²) in [5.74, 6) is 0. The van der Waals surface area contributed by atoms with E-state index < -0.39 is 0 Å². The number of rotatable bonds is 1. The first-order chi connectivity index (χ1) is 7.95. The Morgan fingerprint density at radius 3 is 2.94 bits per heavy atom. The first-order valence-electron chi connectivity index (χ1n) is 5.73. The van der Waals surface area contributed by atoms with Crippen molar-refractivity contribution in [3.63, 3.8) is 0 Å². The van der Waals surface area contributed by atoms with Crippen LogP contribution in [0.1, 0.15) is 11.6 Å². The molecule has 1 atom stereocenters. The highest BCUT2D eigenvalue weighted by Gasteiger charge is 2.16. The standard InChI is InChI=1S/C13H15N3/c1-2-4-12-10(3-1)11(5-6-15-12)13-9-14-7-8-16-13/h1-6,13-14,16H,7-9H2/t13-/m0/s1. The summed E-state index contributed by atoms with van der Waals surface area (Å²) in [6.07, 6.45) is 1.90. The molecule has 0 radical (unpaired) electrons. The Morgan fingerprint density at radius 2 is 2.06 bits per heavy atom. The lowest BCUT2D eigenvalue weighted by molar-refractivity contribution is 0.432. The lowest BCUT2D eigenvalue weighted by Gasteiger charge is -2.25. The summed E-state index contributed by atoms with van der Waals surface area (Å²) in [5.41, 5.74) is 2.42. The normalized spacial score (nSPS) is 21.1. The van der Waals surface area contributed by atoms with Crippen LogP contribution < -0.4 is 10.6 Å². The molecule has 2 N–H and O–H groups in total. The van der Waals surface area contributed by atoms with Crippen LogP contribution in [-0.4, -0.2) is 24.6 Å². The minimum absolute atomic E-state index is 0.404. The van der Waals surface area contributed by atoms with Crippen molar-refractivity contribution in [1.82, 2.24) is 15.6 Å². The second kappa shape index (κ2) is 4.20. The molecular formula is C13H15N3. The predicted octanol–water partition coefficient (Wildman–Crippen LogP) is 1.47. The van der Waals surface area contributed by atoms with E-state index in [2.05, 4.69) is 39.9 Å². The first-order valence-corrected chi connectivity index (χ1v) is 5.73. The molecule has 0 spiro atoms. The zero-order chi connectivity index (χ0) is 10.8. The van der Waals surface area contributed by atoms with E-state index in [9.17, 15) is 0 Å². The topological polar surface area (TPSA) is 37.0 Å². The predicted molar refractivity (Wildman–Crippen MR) is 65.4 cm³/mol. The average Bonchev–Trinajstić information content (AvgIpc) is 2.39. The van der Waals surface area contributed by atoms with Crippen molar-refractivity contribution in [3.05, 3.63) is 42.1 Å². The molecule has 0 unspecified atom stereocenters. The Labute approximate surface area is 94.9 Å². The van der Waals surface area contributed by atoms with Gasteiger partial charge in [0.15, 0.2) is 0 Å². The smallest absolute Gasteiger partial charge is 0.0705 e. The number of benzene rings is 1. The minimum atomic E-state index is 0.404. The summed E-state index contributed by atoms with van der Waals surface area (Å²) in [4.78, 5) is 4.39. The molecule has 0 bridgehead atoms. The largest absolute Gasteiger partial charge is 0.314 e. The van der Waals surface area contributed by atoms with E-state index in [0.29, 0.717) is 6.04 Å². The van der Waals surface area contributed by atoms with Gasteiger partial charge in [0.25, 0.3) is 0 Å². The fraction of sp³-hybridized carbons (Fsp3) is 0.308. The molecule has 3 rings (SSSR count). The van der Waals surface area contributed by atoms with Crippen molar-refractivity contribution in [2.45, 2.75) is 6.04 Å². The maximum atomic E-state index is 4.39. The molecule has 3 nitrogen and oxygen atoms in total. The number of nitrogens with one attached hydrogen (secondary N) is 2. The quantitative estimate of drug-likeness (QED) is 0.753. The number of nitrogens with zero attached hydrogens (tertiary/aromatic N) is 1. The van der Waals surface area contributed by atoms with Gasteiger partial charge in [-0.25, -0.2) is 0 Å². The van der Waals surface area contributed by atoms with Crippen molar-refractivity contribution in [3.8, 4) is 0 Å². The summed E-state index contributed by atoms with van der Waals surface area (Å²) in [6.45, 7) is 3.08. The molecule has 1 fully saturated rings. The van der Waals surface area contributed by atoms with Crippen LogP contribution in [0.4, 0.5) is 0 Å². The number of piperazine rings is 1. The van der Waals surface area contributed by atoms with Gasteiger partial charge in [0, 0.05) is 37.3 Å². The highest BCUT2D eigenvalue weighted by atomic mass is 15.1. The van der Waals surface area contributed by atoms with Gasteiger partial charge in [-0.3, -0.25) is 4.98 Å². The molecule has 1 saturated heterocycles. The number of pyridine rings is 1. The Balaban J connectivity index is 2.08. The molecule has 0 aliphatic carbocycles. The highest BCUT2D eigenvalue weighted by Crippen LogP contribution is 2.22. The number of hydrogen-bond donors (Lipinski definition) is 2. The third-order valence-corrected chi connectivity index (χ3v) is 3.10. The van der Waals surface area contributed by atoms with Crippen molar-refractivity contribution >= 4 is 10.9 Å². The molecular weight excluding hydrogens is 198 g/mol. The van der Waals surface area contributed by atoms with Gasteiger partial charge in [0.1, 0.15) is 0 Å². The van der Waals surface area contributed by atoms with Gasteiger partial charge in [-0.2, -0.15) is 0 Å². The third kappa shape index (κ3) is 1.68. The van der Waals surface area contributed by atoms with Gasteiger partial charge in [0.05, 0.1) is 5.52 Å². The molecule has 16 heavy (non-hydrogen) atoms. The Hall–Kier alpha value is -1.45. The molecule has 0 amide bonds. The summed E-state index contributed by atoms with van der Waals surface area (Å²) < 4.78 is 0.